The van der Waals surface area contributed by atoms with Crippen LogP contribution in [0.1, 0.15) is 26.8 Å². The standard InChI is InChI=1S/C28H30ClN3O2S/c1-34-19-18-32(28(33)27-24(29)13-20-35-27)26-23-10-6-5-7-21(23)11-12-25(26)31-16-14-30(15-17-31)22-8-3-2-4-9-22/h2-13,20,25-26H,14-19H2,1H3/t25-,26-/m0/s1. The summed E-state index contributed by atoms with van der Waals surface area (Å²) in [5, 5.41) is 2.38. The lowest BCUT2D eigenvalue weighted by atomic mass is 9.86. The number of fused-ring (bicyclic) bond motifs is 1. The van der Waals surface area contributed by atoms with E-state index >= 15 is 0 Å². The number of ether oxygens (including phenoxy) is 1. The quantitative estimate of drug-likeness (QED) is 0.426. The van der Waals surface area contributed by atoms with Gasteiger partial charge in [-0.2, -0.15) is 0 Å². The van der Waals surface area contributed by atoms with Gasteiger partial charge in [0.15, 0.2) is 0 Å². The van der Waals surface area contributed by atoms with E-state index < -0.39 is 0 Å². The van der Waals surface area contributed by atoms with Gasteiger partial charge in [-0.3, -0.25) is 9.69 Å². The summed E-state index contributed by atoms with van der Waals surface area (Å²) in [4.78, 5) is 21.4. The number of piperazine rings is 1. The molecular weight excluding hydrogens is 478 g/mol. The number of hydrogen-bond acceptors (Lipinski definition) is 5. The third-order valence-electron chi connectivity index (χ3n) is 6.91. The fraction of sp³-hybridized carbons (Fsp3) is 0.321. The van der Waals surface area contributed by atoms with Gasteiger partial charge in [-0.25, -0.2) is 0 Å². The molecule has 7 heteroatoms. The van der Waals surface area contributed by atoms with Gasteiger partial charge < -0.3 is 14.5 Å². The predicted molar refractivity (Wildman–Crippen MR) is 144 cm³/mol. The molecule has 5 nitrogen and oxygen atoms in total. The van der Waals surface area contributed by atoms with Crippen molar-refractivity contribution in [1.82, 2.24) is 9.80 Å². The number of nitrogens with zero attached hydrogens (tertiary/aromatic N) is 3. The molecule has 1 saturated heterocycles. The Bertz CT molecular complexity index is 1170. The first-order valence-electron chi connectivity index (χ1n) is 12.0. The number of amides is 1. The van der Waals surface area contributed by atoms with E-state index in [2.05, 4.69) is 76.5 Å². The summed E-state index contributed by atoms with van der Waals surface area (Å²) < 4.78 is 5.43. The molecule has 0 radical (unpaired) electrons. The zero-order chi connectivity index (χ0) is 24.2. The number of hydrogen-bond donors (Lipinski definition) is 0. The summed E-state index contributed by atoms with van der Waals surface area (Å²) in [7, 11) is 1.68. The molecule has 2 aromatic carbocycles. The lowest BCUT2D eigenvalue weighted by Crippen LogP contribution is -2.55. The lowest BCUT2D eigenvalue weighted by Gasteiger charge is -2.46. The van der Waals surface area contributed by atoms with Crippen molar-refractivity contribution in [1.29, 1.82) is 0 Å². The summed E-state index contributed by atoms with van der Waals surface area (Å²) in [5.41, 5.74) is 3.59. The molecule has 0 N–H and O–H groups in total. The Labute approximate surface area is 216 Å². The maximum Gasteiger partial charge on any atom is 0.266 e. The monoisotopic (exact) mass is 507 g/mol. The average Bonchev–Trinajstić information content (AvgIpc) is 3.35. The first-order chi connectivity index (χ1) is 17.2. The lowest BCUT2D eigenvalue weighted by molar-refractivity contribution is 0.0452. The van der Waals surface area contributed by atoms with Crippen molar-refractivity contribution in [2.75, 3.05) is 51.3 Å². The second kappa shape index (κ2) is 11.0. The van der Waals surface area contributed by atoms with Crippen molar-refractivity contribution in [3.63, 3.8) is 0 Å². The van der Waals surface area contributed by atoms with Crippen molar-refractivity contribution in [3.05, 3.63) is 93.1 Å². The predicted octanol–water partition coefficient (Wildman–Crippen LogP) is 5.45. The maximum absolute atomic E-state index is 13.9. The van der Waals surface area contributed by atoms with Crippen molar-refractivity contribution in [2.45, 2.75) is 12.1 Å². The number of para-hydroxylation sites is 1. The number of anilines is 1. The van der Waals surface area contributed by atoms with Crippen LogP contribution in [-0.2, 0) is 4.74 Å². The molecule has 5 rings (SSSR count). The van der Waals surface area contributed by atoms with Crippen LogP contribution in [0.4, 0.5) is 5.69 Å². The van der Waals surface area contributed by atoms with Crippen molar-refractivity contribution >= 4 is 40.6 Å². The van der Waals surface area contributed by atoms with Crippen LogP contribution in [-0.4, -0.2) is 68.2 Å². The fourth-order valence-corrected chi connectivity index (χ4v) is 6.24. The zero-order valence-corrected chi connectivity index (χ0v) is 21.4. The smallest absolute Gasteiger partial charge is 0.266 e. The Morgan fingerprint density at radius 1 is 1.06 bits per heavy atom. The first-order valence-corrected chi connectivity index (χ1v) is 13.3. The molecule has 0 unspecified atom stereocenters. The number of benzene rings is 2. The van der Waals surface area contributed by atoms with Gasteiger partial charge in [-0.05, 0) is 34.7 Å². The summed E-state index contributed by atoms with van der Waals surface area (Å²) in [5.74, 6) is -0.0370. The molecule has 1 aromatic heterocycles. The van der Waals surface area contributed by atoms with Crippen LogP contribution in [0, 0.1) is 0 Å². The van der Waals surface area contributed by atoms with E-state index in [1.165, 1.54) is 22.6 Å². The Morgan fingerprint density at radius 3 is 2.51 bits per heavy atom. The first kappa shape index (κ1) is 24.1. The summed E-state index contributed by atoms with van der Waals surface area (Å²) in [6.07, 6.45) is 4.48. The fourth-order valence-electron chi connectivity index (χ4n) is 5.15. The van der Waals surface area contributed by atoms with Gasteiger partial charge in [0.05, 0.1) is 23.7 Å². The van der Waals surface area contributed by atoms with Crippen molar-refractivity contribution in [2.24, 2.45) is 0 Å². The molecule has 182 valence electrons. The van der Waals surface area contributed by atoms with Crippen LogP contribution in [0.15, 0.2) is 72.1 Å². The van der Waals surface area contributed by atoms with E-state index in [9.17, 15) is 4.79 Å². The Balaban J connectivity index is 1.46. The van der Waals surface area contributed by atoms with Gasteiger partial charge >= 0.3 is 0 Å². The largest absolute Gasteiger partial charge is 0.383 e. The molecule has 3 aromatic rings. The van der Waals surface area contributed by atoms with Crippen LogP contribution in [0.5, 0.6) is 0 Å². The Hall–Kier alpha value is -2.64. The van der Waals surface area contributed by atoms with Crippen LogP contribution in [0.3, 0.4) is 0 Å². The average molecular weight is 508 g/mol. The highest BCUT2D eigenvalue weighted by Gasteiger charge is 2.39. The maximum atomic E-state index is 13.9. The number of thiophene rings is 1. The van der Waals surface area contributed by atoms with E-state index in [1.807, 2.05) is 10.3 Å². The Morgan fingerprint density at radius 2 is 1.80 bits per heavy atom. The van der Waals surface area contributed by atoms with E-state index in [-0.39, 0.29) is 18.0 Å². The highest BCUT2D eigenvalue weighted by molar-refractivity contribution is 7.12. The second-order valence-corrected chi connectivity index (χ2v) is 10.2. The molecule has 0 spiro atoms. The van der Waals surface area contributed by atoms with Crippen LogP contribution < -0.4 is 4.90 Å². The SMILES string of the molecule is COCCN(C(=O)c1sccc1Cl)[C@H]1c2ccccc2C=C[C@@H]1N1CCN(c2ccccc2)CC1. The van der Waals surface area contributed by atoms with Crippen LogP contribution >= 0.6 is 22.9 Å². The second-order valence-electron chi connectivity index (χ2n) is 8.87. The minimum Gasteiger partial charge on any atom is -0.383 e. The third kappa shape index (κ3) is 5.02. The Kier molecular flexibility index (Phi) is 7.54. The minimum absolute atomic E-state index is 0.0370. The molecule has 2 aliphatic rings. The van der Waals surface area contributed by atoms with E-state index in [4.69, 9.17) is 16.3 Å². The molecule has 1 aliphatic heterocycles. The highest BCUT2D eigenvalue weighted by atomic mass is 35.5. The van der Waals surface area contributed by atoms with Gasteiger partial charge in [-0.1, -0.05) is 66.2 Å². The topological polar surface area (TPSA) is 36.0 Å². The summed E-state index contributed by atoms with van der Waals surface area (Å²) >= 11 is 7.81. The van der Waals surface area contributed by atoms with Crippen LogP contribution in [0.25, 0.3) is 6.08 Å². The highest BCUT2D eigenvalue weighted by Crippen LogP contribution is 2.38. The molecule has 35 heavy (non-hydrogen) atoms. The molecule has 2 atom stereocenters. The molecular formula is C28H30ClN3O2S. The number of halogens is 1. The van der Waals surface area contributed by atoms with Crippen LogP contribution in [0.2, 0.25) is 5.02 Å². The van der Waals surface area contributed by atoms with Crippen molar-refractivity contribution < 1.29 is 9.53 Å². The van der Waals surface area contributed by atoms with Gasteiger partial charge in [0.2, 0.25) is 0 Å². The van der Waals surface area contributed by atoms with Gasteiger partial charge in [0.1, 0.15) is 4.88 Å². The molecule has 0 saturated carbocycles. The van der Waals surface area contributed by atoms with E-state index in [1.54, 1.807) is 13.2 Å². The van der Waals surface area contributed by atoms with Gasteiger partial charge in [0, 0.05) is 45.5 Å². The number of rotatable bonds is 7. The number of methoxy groups -OCH3 is 1. The molecule has 0 bridgehead atoms. The molecule has 1 fully saturated rings. The summed E-state index contributed by atoms with van der Waals surface area (Å²) in [6.45, 7) is 4.71. The van der Waals surface area contributed by atoms with E-state index in [0.29, 0.717) is 23.1 Å². The molecule has 1 aliphatic carbocycles. The summed E-state index contributed by atoms with van der Waals surface area (Å²) in [6, 6.07) is 20.7. The molecule has 2 heterocycles. The van der Waals surface area contributed by atoms with Crippen molar-refractivity contribution in [3.8, 4) is 0 Å². The minimum atomic E-state index is -0.125. The van der Waals surface area contributed by atoms with Gasteiger partial charge in [-0.15, -0.1) is 11.3 Å². The third-order valence-corrected chi connectivity index (χ3v) is 8.24. The number of carbonyl (C=O) groups excluding carboxylic acids is 1. The zero-order valence-electron chi connectivity index (χ0n) is 19.8. The van der Waals surface area contributed by atoms with E-state index in [0.717, 1.165) is 31.7 Å². The normalized spacial score (nSPS) is 20.0. The molecule has 1 amide bonds. The number of carbonyl (C=O) groups is 1. The van der Waals surface area contributed by atoms with Gasteiger partial charge in [0.25, 0.3) is 5.91 Å².